The second kappa shape index (κ2) is 6.02. The fourth-order valence-electron chi connectivity index (χ4n) is 2.47. The Morgan fingerprint density at radius 3 is 3.11 bits per heavy atom. The number of aliphatic hydroxyl groups is 1. The van der Waals surface area contributed by atoms with Crippen molar-refractivity contribution in [2.45, 2.75) is 25.9 Å². The molecule has 2 atom stereocenters. The van der Waals surface area contributed by atoms with E-state index in [1.165, 1.54) is 0 Å². The number of carbonyl (C=O) groups excluding carboxylic acids is 1. The molecule has 2 N–H and O–H groups in total. The van der Waals surface area contributed by atoms with Crippen LogP contribution in [-0.4, -0.2) is 36.1 Å². The molecule has 1 saturated heterocycles. The first kappa shape index (κ1) is 13.8. The molecule has 1 aliphatic heterocycles. The third-order valence-electron chi connectivity index (χ3n) is 3.61. The molecule has 1 unspecified atom stereocenters. The minimum atomic E-state index is -0.499. The Morgan fingerprint density at radius 2 is 2.42 bits per heavy atom. The minimum Gasteiger partial charge on any atom is -0.389 e. The number of hydrogen-bond donors (Lipinski definition) is 2. The maximum atomic E-state index is 11.7. The third kappa shape index (κ3) is 3.23. The fourth-order valence-corrected chi connectivity index (χ4v) is 2.47. The molecule has 104 valence electrons. The maximum absolute atomic E-state index is 11.7. The number of pyridine rings is 1. The van der Waals surface area contributed by atoms with E-state index in [1.807, 2.05) is 12.1 Å². The Hall–Kier alpha value is -1.62. The van der Waals surface area contributed by atoms with Gasteiger partial charge in [0.05, 0.1) is 12.0 Å². The van der Waals surface area contributed by atoms with E-state index in [1.54, 1.807) is 20.2 Å². The first-order chi connectivity index (χ1) is 9.11. The van der Waals surface area contributed by atoms with E-state index >= 15 is 0 Å². The lowest BCUT2D eigenvalue weighted by atomic mass is 9.97. The number of nitrogens with one attached hydrogen (secondary N) is 1. The number of anilines is 1. The average molecular weight is 263 g/mol. The number of piperidine rings is 1. The van der Waals surface area contributed by atoms with Gasteiger partial charge in [0, 0.05) is 26.3 Å². The van der Waals surface area contributed by atoms with Crippen molar-refractivity contribution in [1.29, 1.82) is 0 Å². The van der Waals surface area contributed by atoms with Crippen LogP contribution in [0.4, 0.5) is 5.82 Å². The molecule has 0 aromatic carbocycles. The number of carbonyl (C=O) groups is 1. The topological polar surface area (TPSA) is 65.5 Å². The van der Waals surface area contributed by atoms with Gasteiger partial charge in [-0.25, -0.2) is 4.98 Å². The van der Waals surface area contributed by atoms with E-state index in [9.17, 15) is 9.90 Å². The molecule has 1 amide bonds. The Balaban J connectivity index is 2.13. The lowest BCUT2D eigenvalue weighted by molar-refractivity contribution is -0.124. The van der Waals surface area contributed by atoms with E-state index in [0.717, 1.165) is 30.8 Å². The largest absolute Gasteiger partial charge is 0.389 e. The molecule has 0 radical (unpaired) electrons. The smallest absolute Gasteiger partial charge is 0.224 e. The van der Waals surface area contributed by atoms with Crippen LogP contribution in [0.5, 0.6) is 0 Å². The van der Waals surface area contributed by atoms with Crippen molar-refractivity contribution in [2.24, 2.45) is 5.92 Å². The Morgan fingerprint density at radius 1 is 1.63 bits per heavy atom. The molecule has 0 aliphatic carbocycles. The summed E-state index contributed by atoms with van der Waals surface area (Å²) in [6.07, 6.45) is 3.12. The fraction of sp³-hybridized carbons (Fsp3) is 0.571. The molecular formula is C14H21N3O2. The van der Waals surface area contributed by atoms with Gasteiger partial charge >= 0.3 is 0 Å². The quantitative estimate of drug-likeness (QED) is 0.857. The second-order valence-electron chi connectivity index (χ2n) is 5.02. The van der Waals surface area contributed by atoms with Crippen molar-refractivity contribution < 1.29 is 9.90 Å². The molecule has 1 fully saturated rings. The molecular weight excluding hydrogens is 242 g/mol. The summed E-state index contributed by atoms with van der Waals surface area (Å²) < 4.78 is 0. The van der Waals surface area contributed by atoms with Crippen molar-refractivity contribution >= 4 is 11.7 Å². The molecule has 2 rings (SSSR count). The van der Waals surface area contributed by atoms with Gasteiger partial charge in [-0.2, -0.15) is 0 Å². The van der Waals surface area contributed by atoms with Crippen molar-refractivity contribution in [1.82, 2.24) is 10.3 Å². The number of amides is 1. The first-order valence-electron chi connectivity index (χ1n) is 6.72. The summed E-state index contributed by atoms with van der Waals surface area (Å²) in [4.78, 5) is 18.2. The minimum absolute atomic E-state index is 0.0238. The highest BCUT2D eigenvalue weighted by atomic mass is 16.3. The van der Waals surface area contributed by atoms with Crippen LogP contribution in [0.3, 0.4) is 0 Å². The summed E-state index contributed by atoms with van der Waals surface area (Å²) >= 11 is 0. The van der Waals surface area contributed by atoms with Gasteiger partial charge in [-0.3, -0.25) is 4.79 Å². The van der Waals surface area contributed by atoms with Crippen LogP contribution in [0, 0.1) is 5.92 Å². The van der Waals surface area contributed by atoms with Gasteiger partial charge in [0.15, 0.2) is 0 Å². The number of nitrogens with zero attached hydrogens (tertiary/aromatic N) is 2. The van der Waals surface area contributed by atoms with Crippen molar-refractivity contribution in [2.75, 3.05) is 25.0 Å². The monoisotopic (exact) mass is 263 g/mol. The molecule has 19 heavy (non-hydrogen) atoms. The highest BCUT2D eigenvalue weighted by Crippen LogP contribution is 2.24. The molecule has 0 spiro atoms. The average Bonchev–Trinajstić information content (AvgIpc) is 2.46. The SMILES string of the molecule is CNC(=O)C1CCCN(c2cc([C@H](C)O)ccn2)C1. The Kier molecular flexibility index (Phi) is 4.37. The van der Waals surface area contributed by atoms with Gasteiger partial charge in [-0.15, -0.1) is 0 Å². The number of aliphatic hydroxyl groups excluding tert-OH is 1. The predicted molar refractivity (Wildman–Crippen MR) is 73.9 cm³/mol. The number of hydrogen-bond acceptors (Lipinski definition) is 4. The molecule has 5 nitrogen and oxygen atoms in total. The number of rotatable bonds is 3. The molecule has 2 heterocycles. The normalized spacial score (nSPS) is 21.0. The Bertz CT molecular complexity index is 448. The zero-order valence-corrected chi connectivity index (χ0v) is 11.5. The van der Waals surface area contributed by atoms with Crippen molar-refractivity contribution in [3.63, 3.8) is 0 Å². The van der Waals surface area contributed by atoms with Crippen molar-refractivity contribution in [3.05, 3.63) is 23.9 Å². The molecule has 5 heteroatoms. The maximum Gasteiger partial charge on any atom is 0.224 e. The molecule has 1 aromatic heterocycles. The van der Waals surface area contributed by atoms with Crippen LogP contribution in [0.25, 0.3) is 0 Å². The second-order valence-corrected chi connectivity index (χ2v) is 5.02. The van der Waals surface area contributed by atoms with E-state index in [0.29, 0.717) is 6.54 Å². The Labute approximate surface area is 113 Å². The lowest BCUT2D eigenvalue weighted by Gasteiger charge is -2.32. The van der Waals surface area contributed by atoms with Gasteiger partial charge in [-0.1, -0.05) is 0 Å². The van der Waals surface area contributed by atoms with E-state index < -0.39 is 6.10 Å². The zero-order valence-electron chi connectivity index (χ0n) is 11.5. The van der Waals surface area contributed by atoms with Gasteiger partial charge in [-0.05, 0) is 37.5 Å². The molecule has 0 bridgehead atoms. The van der Waals surface area contributed by atoms with Gasteiger partial charge in [0.1, 0.15) is 5.82 Å². The molecule has 1 aromatic rings. The van der Waals surface area contributed by atoms with Crippen molar-refractivity contribution in [3.8, 4) is 0 Å². The van der Waals surface area contributed by atoms with Crippen LogP contribution in [-0.2, 0) is 4.79 Å². The predicted octanol–water partition coefficient (Wildman–Crippen LogP) is 1.10. The lowest BCUT2D eigenvalue weighted by Crippen LogP contribution is -2.42. The van der Waals surface area contributed by atoms with E-state index in [2.05, 4.69) is 15.2 Å². The summed E-state index contributed by atoms with van der Waals surface area (Å²) in [7, 11) is 1.67. The summed E-state index contributed by atoms with van der Waals surface area (Å²) in [6, 6.07) is 3.71. The highest BCUT2D eigenvalue weighted by Gasteiger charge is 2.25. The van der Waals surface area contributed by atoms with Crippen LogP contribution in [0.1, 0.15) is 31.4 Å². The van der Waals surface area contributed by atoms with Crippen LogP contribution in [0.2, 0.25) is 0 Å². The molecule has 1 aliphatic rings. The van der Waals surface area contributed by atoms with Gasteiger partial charge < -0.3 is 15.3 Å². The van der Waals surface area contributed by atoms with Crippen LogP contribution >= 0.6 is 0 Å². The summed E-state index contributed by atoms with van der Waals surface area (Å²) in [6.45, 7) is 3.34. The first-order valence-corrected chi connectivity index (χ1v) is 6.72. The van der Waals surface area contributed by atoms with E-state index in [4.69, 9.17) is 0 Å². The third-order valence-corrected chi connectivity index (χ3v) is 3.61. The molecule has 0 saturated carbocycles. The van der Waals surface area contributed by atoms with Gasteiger partial charge in [0.25, 0.3) is 0 Å². The zero-order chi connectivity index (χ0) is 13.8. The highest BCUT2D eigenvalue weighted by molar-refractivity contribution is 5.79. The standard InChI is InChI=1S/C14H21N3O2/c1-10(18)11-5-6-16-13(8-11)17-7-3-4-12(9-17)14(19)15-2/h5-6,8,10,12,18H,3-4,7,9H2,1-2H3,(H,15,19)/t10-,12?/m0/s1. The summed E-state index contributed by atoms with van der Waals surface area (Å²) in [5, 5.41) is 12.3. The van der Waals surface area contributed by atoms with Crippen LogP contribution < -0.4 is 10.2 Å². The van der Waals surface area contributed by atoms with E-state index in [-0.39, 0.29) is 11.8 Å². The summed E-state index contributed by atoms with van der Waals surface area (Å²) in [5.41, 5.74) is 0.854. The van der Waals surface area contributed by atoms with Crippen LogP contribution in [0.15, 0.2) is 18.3 Å². The van der Waals surface area contributed by atoms with Gasteiger partial charge in [0.2, 0.25) is 5.91 Å². The summed E-state index contributed by atoms with van der Waals surface area (Å²) in [5.74, 6) is 0.958. The number of aromatic nitrogens is 1.